The zero-order valence-electron chi connectivity index (χ0n) is 17.8. The van der Waals surface area contributed by atoms with Gasteiger partial charge in [0.2, 0.25) is 0 Å². The van der Waals surface area contributed by atoms with E-state index in [9.17, 15) is 9.18 Å². The molecule has 3 N–H and O–H groups in total. The number of aryl methyl sites for hydroxylation is 1. The number of nitrogens with one attached hydrogen (secondary N) is 3. The van der Waals surface area contributed by atoms with Gasteiger partial charge < -0.3 is 25.4 Å². The molecule has 0 spiro atoms. The summed E-state index contributed by atoms with van der Waals surface area (Å²) in [6.07, 6.45) is -0.129. The van der Waals surface area contributed by atoms with E-state index in [4.69, 9.17) is 9.47 Å². The molecule has 0 saturated carbocycles. The van der Waals surface area contributed by atoms with Crippen LogP contribution >= 0.6 is 0 Å². The van der Waals surface area contributed by atoms with Crippen molar-refractivity contribution in [1.82, 2.24) is 16.0 Å². The van der Waals surface area contributed by atoms with Gasteiger partial charge in [0.15, 0.2) is 17.5 Å². The van der Waals surface area contributed by atoms with E-state index in [-0.39, 0.29) is 12.0 Å². The van der Waals surface area contributed by atoms with Crippen LogP contribution in [-0.2, 0) is 0 Å². The fraction of sp³-hybridized carbons (Fsp3) is 0.364. The Labute approximate surface area is 176 Å². The number of aliphatic imine (C=N–C) groups is 1. The molecule has 8 heteroatoms. The first-order chi connectivity index (χ1) is 14.4. The smallest absolute Gasteiger partial charge is 0.251 e. The number of para-hydroxylation sites is 2. The molecular weight excluding hydrogens is 387 g/mol. The zero-order valence-corrected chi connectivity index (χ0v) is 17.8. The van der Waals surface area contributed by atoms with Gasteiger partial charge in [-0.3, -0.25) is 9.79 Å². The number of amides is 1. The topological polar surface area (TPSA) is 84.0 Å². The number of hydrogen-bond acceptors (Lipinski definition) is 4. The van der Waals surface area contributed by atoms with E-state index in [2.05, 4.69) is 20.9 Å². The van der Waals surface area contributed by atoms with Gasteiger partial charge in [0, 0.05) is 25.7 Å². The number of carbonyl (C=O) groups is 1. The second-order valence-corrected chi connectivity index (χ2v) is 6.68. The Bertz CT molecular complexity index is 873. The number of nitrogens with zero attached hydrogens (tertiary/aromatic N) is 1. The van der Waals surface area contributed by atoms with Crippen molar-refractivity contribution in [3.8, 4) is 11.5 Å². The third-order valence-corrected chi connectivity index (χ3v) is 4.31. The third-order valence-electron chi connectivity index (χ3n) is 4.31. The second kappa shape index (κ2) is 11.6. The minimum atomic E-state index is -0.394. The number of guanidine groups is 1. The summed E-state index contributed by atoms with van der Waals surface area (Å²) in [5.41, 5.74) is 0.801. The second-order valence-electron chi connectivity index (χ2n) is 6.68. The fourth-order valence-electron chi connectivity index (χ4n) is 2.63. The lowest BCUT2D eigenvalue weighted by atomic mass is 10.1. The number of methoxy groups -OCH3 is 1. The molecule has 2 aromatic rings. The first-order valence-electron chi connectivity index (χ1n) is 9.73. The van der Waals surface area contributed by atoms with Crippen LogP contribution in [0, 0.1) is 12.7 Å². The number of hydrogen-bond donors (Lipinski definition) is 3. The molecule has 162 valence electrons. The average molecular weight is 416 g/mol. The highest BCUT2D eigenvalue weighted by molar-refractivity contribution is 5.94. The maximum atomic E-state index is 13.6. The lowest BCUT2D eigenvalue weighted by molar-refractivity contribution is 0.0954. The van der Waals surface area contributed by atoms with Crippen LogP contribution in [0.4, 0.5) is 4.39 Å². The van der Waals surface area contributed by atoms with Crippen LogP contribution in [0.25, 0.3) is 0 Å². The van der Waals surface area contributed by atoms with Crippen molar-refractivity contribution in [1.29, 1.82) is 0 Å². The monoisotopic (exact) mass is 416 g/mol. The normalized spacial score (nSPS) is 12.1. The van der Waals surface area contributed by atoms with Crippen molar-refractivity contribution in [3.05, 3.63) is 59.4 Å². The Balaban J connectivity index is 1.71. The summed E-state index contributed by atoms with van der Waals surface area (Å²) in [5, 5.41) is 9.03. The van der Waals surface area contributed by atoms with Crippen LogP contribution in [0.2, 0.25) is 0 Å². The molecule has 0 heterocycles. The number of ether oxygens (including phenoxy) is 2. The highest BCUT2D eigenvalue weighted by Gasteiger charge is 2.10. The number of benzene rings is 2. The molecule has 0 aliphatic carbocycles. The number of carbonyl (C=O) groups excluding carboxylic acids is 1. The highest BCUT2D eigenvalue weighted by atomic mass is 19.1. The maximum Gasteiger partial charge on any atom is 0.251 e. The first-order valence-corrected chi connectivity index (χ1v) is 9.73. The minimum absolute atomic E-state index is 0.129. The third kappa shape index (κ3) is 6.95. The minimum Gasteiger partial charge on any atom is -0.493 e. The van der Waals surface area contributed by atoms with Crippen molar-refractivity contribution >= 4 is 11.9 Å². The molecule has 0 aromatic heterocycles. The Hall–Kier alpha value is -3.29. The molecule has 2 aromatic carbocycles. The van der Waals surface area contributed by atoms with Gasteiger partial charge in [-0.15, -0.1) is 0 Å². The van der Waals surface area contributed by atoms with E-state index < -0.39 is 5.82 Å². The molecule has 30 heavy (non-hydrogen) atoms. The number of rotatable bonds is 9. The summed E-state index contributed by atoms with van der Waals surface area (Å²) in [6, 6.07) is 11.9. The summed E-state index contributed by atoms with van der Waals surface area (Å²) in [5.74, 6) is 1.22. The molecule has 2 rings (SSSR count). The lowest BCUT2D eigenvalue weighted by Gasteiger charge is -2.19. The van der Waals surface area contributed by atoms with E-state index in [0.29, 0.717) is 48.2 Å². The van der Waals surface area contributed by atoms with E-state index in [1.54, 1.807) is 33.2 Å². The van der Waals surface area contributed by atoms with Crippen molar-refractivity contribution in [2.24, 2.45) is 4.99 Å². The summed E-state index contributed by atoms with van der Waals surface area (Å²) in [4.78, 5) is 16.2. The van der Waals surface area contributed by atoms with Crippen LogP contribution < -0.4 is 25.4 Å². The zero-order chi connectivity index (χ0) is 21.9. The van der Waals surface area contributed by atoms with E-state index in [1.165, 1.54) is 6.07 Å². The van der Waals surface area contributed by atoms with Gasteiger partial charge in [0.1, 0.15) is 11.9 Å². The van der Waals surface area contributed by atoms with Gasteiger partial charge in [-0.1, -0.05) is 18.2 Å². The van der Waals surface area contributed by atoms with Crippen LogP contribution in [0.5, 0.6) is 11.5 Å². The molecule has 1 unspecified atom stereocenters. The molecule has 7 nitrogen and oxygen atoms in total. The maximum absolute atomic E-state index is 13.6. The molecular formula is C22H29FN4O3. The fourth-order valence-corrected chi connectivity index (χ4v) is 2.63. The van der Waals surface area contributed by atoms with Crippen LogP contribution in [0.3, 0.4) is 0 Å². The molecule has 0 fully saturated rings. The van der Waals surface area contributed by atoms with Crippen molar-refractivity contribution in [3.63, 3.8) is 0 Å². The Morgan fingerprint density at radius 2 is 1.80 bits per heavy atom. The summed E-state index contributed by atoms with van der Waals surface area (Å²) in [7, 11) is 3.26. The quantitative estimate of drug-likeness (QED) is 0.332. The largest absolute Gasteiger partial charge is 0.493 e. The van der Waals surface area contributed by atoms with Gasteiger partial charge in [-0.05, 0) is 43.7 Å². The predicted octanol–water partition coefficient (Wildman–Crippen LogP) is 2.51. The summed E-state index contributed by atoms with van der Waals surface area (Å²) in [6.45, 7) is 4.94. The first kappa shape index (κ1) is 23.0. The van der Waals surface area contributed by atoms with Crippen LogP contribution in [-0.4, -0.2) is 51.8 Å². The SMILES string of the molecule is CN=C(NCCNC(=O)c1ccc(C)c(F)c1)NCC(C)Oc1ccccc1OC. The Kier molecular flexibility index (Phi) is 8.93. The summed E-state index contributed by atoms with van der Waals surface area (Å²) < 4.78 is 24.8. The lowest BCUT2D eigenvalue weighted by Crippen LogP contribution is -2.44. The van der Waals surface area contributed by atoms with Gasteiger partial charge in [-0.25, -0.2) is 4.39 Å². The number of halogens is 1. The van der Waals surface area contributed by atoms with Gasteiger partial charge in [0.25, 0.3) is 5.91 Å². The molecule has 0 aliphatic heterocycles. The van der Waals surface area contributed by atoms with Gasteiger partial charge in [0.05, 0.1) is 13.7 Å². The molecule has 0 radical (unpaired) electrons. The average Bonchev–Trinajstić information content (AvgIpc) is 2.75. The molecule has 1 amide bonds. The van der Waals surface area contributed by atoms with E-state index in [0.717, 1.165) is 0 Å². The van der Waals surface area contributed by atoms with Gasteiger partial charge in [-0.2, -0.15) is 0 Å². The van der Waals surface area contributed by atoms with Crippen molar-refractivity contribution < 1.29 is 18.7 Å². The molecule has 0 saturated heterocycles. The molecule has 0 bridgehead atoms. The standard InChI is InChI=1S/C22H29FN4O3/c1-15-9-10-17(13-18(15)23)21(28)25-11-12-26-22(24-3)27-14-16(2)30-20-8-6-5-7-19(20)29-4/h5-10,13,16H,11-12,14H2,1-4H3,(H,25,28)(H2,24,26,27). The highest BCUT2D eigenvalue weighted by Crippen LogP contribution is 2.26. The van der Waals surface area contributed by atoms with Crippen LogP contribution in [0.15, 0.2) is 47.5 Å². The van der Waals surface area contributed by atoms with E-state index >= 15 is 0 Å². The van der Waals surface area contributed by atoms with Gasteiger partial charge >= 0.3 is 0 Å². The summed E-state index contributed by atoms with van der Waals surface area (Å²) >= 11 is 0. The van der Waals surface area contributed by atoms with Crippen molar-refractivity contribution in [2.75, 3.05) is 33.8 Å². The van der Waals surface area contributed by atoms with Crippen molar-refractivity contribution in [2.45, 2.75) is 20.0 Å². The molecule has 1 atom stereocenters. The van der Waals surface area contributed by atoms with E-state index in [1.807, 2.05) is 31.2 Å². The molecule has 0 aliphatic rings. The Morgan fingerprint density at radius 3 is 2.47 bits per heavy atom. The predicted molar refractivity (Wildman–Crippen MR) is 116 cm³/mol. The van der Waals surface area contributed by atoms with Crippen LogP contribution in [0.1, 0.15) is 22.8 Å². The Morgan fingerprint density at radius 1 is 1.10 bits per heavy atom.